The summed E-state index contributed by atoms with van der Waals surface area (Å²) in [6, 6.07) is 0. The van der Waals surface area contributed by atoms with E-state index in [0.29, 0.717) is 5.41 Å². The molecule has 2 aliphatic carbocycles. The van der Waals surface area contributed by atoms with Crippen molar-refractivity contribution in [2.24, 2.45) is 17.3 Å². The van der Waals surface area contributed by atoms with Gasteiger partial charge < -0.3 is 0 Å². The molecule has 0 nitrogen and oxygen atoms in total. The topological polar surface area (TPSA) is 0 Å². The molecule has 3 unspecified atom stereocenters. The summed E-state index contributed by atoms with van der Waals surface area (Å²) < 4.78 is 0. The molecule has 0 amide bonds. The Morgan fingerprint density at radius 2 is 2.00 bits per heavy atom. The second kappa shape index (κ2) is 3.81. The van der Waals surface area contributed by atoms with Gasteiger partial charge in [-0.3, -0.25) is 0 Å². The first-order chi connectivity index (χ1) is 7.06. The summed E-state index contributed by atoms with van der Waals surface area (Å²) in [4.78, 5) is 0. The van der Waals surface area contributed by atoms with Gasteiger partial charge in [0.2, 0.25) is 0 Å². The van der Waals surface area contributed by atoms with Crippen LogP contribution in [0.1, 0.15) is 53.4 Å². The Kier molecular flexibility index (Phi) is 2.79. The van der Waals surface area contributed by atoms with E-state index in [-0.39, 0.29) is 0 Å². The van der Waals surface area contributed by atoms with Gasteiger partial charge in [0.1, 0.15) is 0 Å². The van der Waals surface area contributed by atoms with Gasteiger partial charge in [0.15, 0.2) is 0 Å². The van der Waals surface area contributed by atoms with Crippen LogP contribution in [0.4, 0.5) is 0 Å². The predicted octanol–water partition coefficient (Wildman–Crippen LogP) is 4.73. The molecule has 84 valence electrons. The molecule has 0 radical (unpaired) electrons. The molecular formula is C15H24. The van der Waals surface area contributed by atoms with Crippen molar-refractivity contribution in [3.05, 3.63) is 23.3 Å². The Morgan fingerprint density at radius 3 is 2.53 bits per heavy atom. The first kappa shape index (κ1) is 11.0. The molecule has 0 saturated heterocycles. The van der Waals surface area contributed by atoms with Crippen LogP contribution in [0.3, 0.4) is 0 Å². The lowest BCUT2D eigenvalue weighted by Gasteiger charge is -2.37. The lowest BCUT2D eigenvalue weighted by atomic mass is 9.67. The lowest BCUT2D eigenvalue weighted by Crippen LogP contribution is -2.27. The van der Waals surface area contributed by atoms with E-state index in [0.717, 1.165) is 11.8 Å². The molecule has 1 fully saturated rings. The van der Waals surface area contributed by atoms with Crippen LogP contribution in [-0.2, 0) is 0 Å². The highest BCUT2D eigenvalue weighted by Crippen LogP contribution is 2.54. The van der Waals surface area contributed by atoms with Gasteiger partial charge >= 0.3 is 0 Å². The minimum atomic E-state index is 0.450. The van der Waals surface area contributed by atoms with E-state index in [2.05, 4.69) is 39.8 Å². The van der Waals surface area contributed by atoms with Gasteiger partial charge in [-0.1, -0.05) is 37.1 Å². The van der Waals surface area contributed by atoms with Gasteiger partial charge in [0.05, 0.1) is 0 Å². The SMILES string of the molecule is CC(C)=C1CCC(C)C12C=CC(C)CC2. The van der Waals surface area contributed by atoms with Crippen LogP contribution >= 0.6 is 0 Å². The van der Waals surface area contributed by atoms with Crippen LogP contribution in [0, 0.1) is 17.3 Å². The molecular weight excluding hydrogens is 180 g/mol. The van der Waals surface area contributed by atoms with Crippen molar-refractivity contribution >= 4 is 0 Å². The van der Waals surface area contributed by atoms with Gasteiger partial charge in [-0.15, -0.1) is 0 Å². The number of hydrogen-bond acceptors (Lipinski definition) is 0. The van der Waals surface area contributed by atoms with Crippen molar-refractivity contribution in [2.45, 2.75) is 53.4 Å². The van der Waals surface area contributed by atoms with Crippen LogP contribution in [-0.4, -0.2) is 0 Å². The van der Waals surface area contributed by atoms with E-state index < -0.39 is 0 Å². The molecule has 0 heterocycles. The van der Waals surface area contributed by atoms with Crippen LogP contribution in [0.2, 0.25) is 0 Å². The minimum Gasteiger partial charge on any atom is -0.0848 e. The molecule has 2 aliphatic rings. The molecule has 1 saturated carbocycles. The predicted molar refractivity (Wildman–Crippen MR) is 66.7 cm³/mol. The smallest absolute Gasteiger partial charge is 0.0119 e. The van der Waals surface area contributed by atoms with E-state index in [4.69, 9.17) is 0 Å². The zero-order valence-corrected chi connectivity index (χ0v) is 10.6. The van der Waals surface area contributed by atoms with Crippen molar-refractivity contribution < 1.29 is 0 Å². The molecule has 15 heavy (non-hydrogen) atoms. The largest absolute Gasteiger partial charge is 0.0848 e. The fraction of sp³-hybridized carbons (Fsp3) is 0.733. The van der Waals surface area contributed by atoms with Crippen molar-refractivity contribution in [1.82, 2.24) is 0 Å². The van der Waals surface area contributed by atoms with Crippen LogP contribution < -0.4 is 0 Å². The van der Waals surface area contributed by atoms with Gasteiger partial charge in [0, 0.05) is 5.41 Å². The second-order valence-electron chi connectivity index (χ2n) is 5.83. The van der Waals surface area contributed by atoms with Crippen LogP contribution in [0.25, 0.3) is 0 Å². The summed E-state index contributed by atoms with van der Waals surface area (Å²) in [7, 11) is 0. The second-order valence-corrected chi connectivity index (χ2v) is 5.83. The standard InChI is InChI=1S/C15H24/c1-11(2)14-6-5-13(4)15(14)9-7-12(3)8-10-15/h7,9,12-13H,5-6,8,10H2,1-4H3. The van der Waals surface area contributed by atoms with Crippen molar-refractivity contribution in [1.29, 1.82) is 0 Å². The zero-order valence-electron chi connectivity index (χ0n) is 10.6. The van der Waals surface area contributed by atoms with Gasteiger partial charge in [-0.2, -0.15) is 0 Å². The number of allylic oxidation sites excluding steroid dienone is 4. The maximum Gasteiger partial charge on any atom is 0.0119 e. The third-order valence-corrected chi connectivity index (χ3v) is 4.61. The van der Waals surface area contributed by atoms with Crippen molar-refractivity contribution in [2.75, 3.05) is 0 Å². The van der Waals surface area contributed by atoms with E-state index in [9.17, 15) is 0 Å². The summed E-state index contributed by atoms with van der Waals surface area (Å²) in [6.07, 6.45) is 10.5. The Balaban J connectivity index is 2.40. The zero-order chi connectivity index (χ0) is 11.1. The maximum absolute atomic E-state index is 2.54. The average molecular weight is 204 g/mol. The highest BCUT2D eigenvalue weighted by atomic mass is 14.5. The summed E-state index contributed by atoms with van der Waals surface area (Å²) in [6.45, 7) is 9.36. The molecule has 0 heteroatoms. The van der Waals surface area contributed by atoms with Crippen LogP contribution in [0.5, 0.6) is 0 Å². The first-order valence-electron chi connectivity index (χ1n) is 6.42. The van der Waals surface area contributed by atoms with Crippen LogP contribution in [0.15, 0.2) is 23.3 Å². The fourth-order valence-corrected chi connectivity index (χ4v) is 3.51. The maximum atomic E-state index is 2.54. The minimum absolute atomic E-state index is 0.450. The summed E-state index contributed by atoms with van der Waals surface area (Å²) in [5.74, 6) is 1.65. The third kappa shape index (κ3) is 1.68. The summed E-state index contributed by atoms with van der Waals surface area (Å²) >= 11 is 0. The number of hydrogen-bond donors (Lipinski definition) is 0. The first-order valence-corrected chi connectivity index (χ1v) is 6.42. The molecule has 0 aromatic rings. The molecule has 2 rings (SSSR count). The third-order valence-electron chi connectivity index (χ3n) is 4.61. The van der Waals surface area contributed by atoms with Gasteiger partial charge in [-0.25, -0.2) is 0 Å². The van der Waals surface area contributed by atoms with Crippen molar-refractivity contribution in [3.63, 3.8) is 0 Å². The van der Waals surface area contributed by atoms with Gasteiger partial charge in [-0.05, 0) is 51.4 Å². The molecule has 0 aromatic heterocycles. The molecule has 0 aliphatic heterocycles. The van der Waals surface area contributed by atoms with E-state index in [1.807, 2.05) is 0 Å². The number of rotatable bonds is 0. The Labute approximate surface area is 94.5 Å². The van der Waals surface area contributed by atoms with E-state index in [1.54, 1.807) is 11.1 Å². The molecule has 0 bridgehead atoms. The molecule has 1 spiro atoms. The summed E-state index contributed by atoms with van der Waals surface area (Å²) in [5.41, 5.74) is 3.77. The Bertz CT molecular complexity index is 304. The summed E-state index contributed by atoms with van der Waals surface area (Å²) in [5, 5.41) is 0. The lowest BCUT2D eigenvalue weighted by molar-refractivity contribution is 0.283. The quantitative estimate of drug-likeness (QED) is 0.501. The monoisotopic (exact) mass is 204 g/mol. The van der Waals surface area contributed by atoms with Crippen molar-refractivity contribution in [3.8, 4) is 0 Å². The van der Waals surface area contributed by atoms with E-state index in [1.165, 1.54) is 25.7 Å². The highest BCUT2D eigenvalue weighted by molar-refractivity contribution is 5.32. The normalized spacial score (nSPS) is 40.1. The Morgan fingerprint density at radius 1 is 1.27 bits per heavy atom. The molecule has 0 N–H and O–H groups in total. The van der Waals surface area contributed by atoms with E-state index >= 15 is 0 Å². The average Bonchev–Trinajstić information content (AvgIpc) is 2.50. The molecule has 0 aromatic carbocycles. The van der Waals surface area contributed by atoms with Gasteiger partial charge in [0.25, 0.3) is 0 Å². The molecule has 3 atom stereocenters. The Hall–Kier alpha value is -0.520. The fourth-order valence-electron chi connectivity index (χ4n) is 3.51. The highest BCUT2D eigenvalue weighted by Gasteiger charge is 2.43.